The summed E-state index contributed by atoms with van der Waals surface area (Å²) in [6.07, 6.45) is 3.40. The highest BCUT2D eigenvalue weighted by molar-refractivity contribution is 5.79. The number of hydrogen-bond donors (Lipinski definition) is 2. The van der Waals surface area contributed by atoms with Crippen molar-refractivity contribution in [3.05, 3.63) is 0 Å². The van der Waals surface area contributed by atoms with E-state index in [9.17, 15) is 14.7 Å². The largest absolute Gasteiger partial charge is 0.481 e. The summed E-state index contributed by atoms with van der Waals surface area (Å²) in [6.45, 7) is 2.87. The van der Waals surface area contributed by atoms with Crippen molar-refractivity contribution in [2.75, 3.05) is 19.8 Å². The van der Waals surface area contributed by atoms with Crippen LogP contribution in [-0.4, -0.2) is 53.8 Å². The molecule has 19 heavy (non-hydrogen) atoms. The van der Waals surface area contributed by atoms with Crippen LogP contribution < -0.4 is 5.32 Å². The monoisotopic (exact) mass is 268 g/mol. The highest BCUT2D eigenvalue weighted by atomic mass is 16.5. The molecule has 106 valence electrons. The van der Waals surface area contributed by atoms with Gasteiger partial charge >= 0.3 is 12.0 Å². The van der Waals surface area contributed by atoms with Gasteiger partial charge < -0.3 is 20.1 Å². The van der Waals surface area contributed by atoms with Gasteiger partial charge in [-0.1, -0.05) is 0 Å². The third-order valence-electron chi connectivity index (χ3n) is 4.91. The molecule has 2 bridgehead atoms. The minimum absolute atomic E-state index is 0.129. The van der Waals surface area contributed by atoms with Gasteiger partial charge in [0, 0.05) is 12.6 Å². The minimum atomic E-state index is -1.02. The number of carbonyl (C=O) groups excluding carboxylic acids is 1. The molecule has 6 heteroatoms. The summed E-state index contributed by atoms with van der Waals surface area (Å²) in [5, 5.41) is 12.1. The number of nitrogens with one attached hydrogen (secondary N) is 1. The Bertz CT molecular complexity index is 413. The molecule has 3 fully saturated rings. The molecule has 2 saturated heterocycles. The second-order valence-corrected chi connectivity index (χ2v) is 6.23. The van der Waals surface area contributed by atoms with Crippen molar-refractivity contribution in [1.29, 1.82) is 0 Å². The molecule has 1 saturated carbocycles. The molecule has 6 nitrogen and oxygen atoms in total. The van der Waals surface area contributed by atoms with Crippen LogP contribution in [0.3, 0.4) is 0 Å². The van der Waals surface area contributed by atoms with Crippen LogP contribution in [0, 0.1) is 11.3 Å². The highest BCUT2D eigenvalue weighted by Gasteiger charge is 2.49. The summed E-state index contributed by atoms with van der Waals surface area (Å²) in [5.41, 5.74) is -1.02. The van der Waals surface area contributed by atoms with E-state index in [1.54, 1.807) is 6.92 Å². The molecule has 2 N–H and O–H groups in total. The zero-order chi connectivity index (χ0) is 13.6. The molecule has 2 aliphatic heterocycles. The van der Waals surface area contributed by atoms with Crippen molar-refractivity contribution in [2.45, 2.75) is 38.3 Å². The fourth-order valence-electron chi connectivity index (χ4n) is 3.49. The van der Waals surface area contributed by atoms with Gasteiger partial charge in [0.15, 0.2) is 0 Å². The van der Waals surface area contributed by atoms with Gasteiger partial charge in [0.2, 0.25) is 0 Å². The maximum atomic E-state index is 12.3. The lowest BCUT2D eigenvalue weighted by molar-refractivity contribution is -0.148. The number of urea groups is 1. The van der Waals surface area contributed by atoms with Crippen molar-refractivity contribution < 1.29 is 19.4 Å². The maximum absolute atomic E-state index is 12.3. The van der Waals surface area contributed by atoms with E-state index in [0.29, 0.717) is 12.0 Å². The summed E-state index contributed by atoms with van der Waals surface area (Å²) in [4.78, 5) is 25.5. The quantitative estimate of drug-likeness (QED) is 0.771. The van der Waals surface area contributed by atoms with E-state index in [0.717, 1.165) is 19.4 Å². The summed E-state index contributed by atoms with van der Waals surface area (Å²) >= 11 is 0. The zero-order valence-electron chi connectivity index (χ0n) is 11.1. The Morgan fingerprint density at radius 2 is 2.21 bits per heavy atom. The highest BCUT2D eigenvalue weighted by Crippen LogP contribution is 2.37. The standard InChI is InChI=1S/C13H20N2O4/c1-13(11(16)17)7-19-6-10(13)14-12(18)15-5-8-2-3-9(15)4-8/h8-10H,2-7H2,1H3,(H,14,18)(H,16,17). The van der Waals surface area contributed by atoms with Crippen LogP contribution in [0.1, 0.15) is 26.2 Å². The number of fused-ring (bicyclic) bond motifs is 2. The number of amides is 2. The molecule has 0 aromatic carbocycles. The van der Waals surface area contributed by atoms with Gasteiger partial charge in [-0.25, -0.2) is 4.79 Å². The van der Waals surface area contributed by atoms with Crippen LogP contribution in [0.4, 0.5) is 4.79 Å². The molecule has 4 unspecified atom stereocenters. The normalized spacial score (nSPS) is 40.7. The molecule has 3 rings (SSSR count). The number of hydrogen-bond acceptors (Lipinski definition) is 3. The lowest BCUT2D eigenvalue weighted by atomic mass is 9.85. The Balaban J connectivity index is 1.65. The van der Waals surface area contributed by atoms with E-state index in [1.807, 2.05) is 4.90 Å². The van der Waals surface area contributed by atoms with Gasteiger partial charge in [-0.15, -0.1) is 0 Å². The fourth-order valence-corrected chi connectivity index (χ4v) is 3.49. The third kappa shape index (κ3) is 1.98. The maximum Gasteiger partial charge on any atom is 0.317 e. The van der Waals surface area contributed by atoms with E-state index in [-0.39, 0.29) is 19.2 Å². The van der Waals surface area contributed by atoms with Crippen LogP contribution in [0.2, 0.25) is 0 Å². The summed E-state index contributed by atoms with van der Waals surface area (Å²) in [6, 6.07) is -0.227. The summed E-state index contributed by atoms with van der Waals surface area (Å²) in [7, 11) is 0. The smallest absolute Gasteiger partial charge is 0.317 e. The molecule has 4 atom stereocenters. The van der Waals surface area contributed by atoms with Gasteiger partial charge in [-0.3, -0.25) is 4.79 Å². The summed E-state index contributed by atoms with van der Waals surface area (Å²) in [5.74, 6) is -0.278. The first-order valence-corrected chi connectivity index (χ1v) is 6.89. The van der Waals surface area contributed by atoms with Crippen molar-refractivity contribution >= 4 is 12.0 Å². The number of carboxylic acids is 1. The number of carboxylic acid groups (broad SMARTS) is 1. The van der Waals surface area contributed by atoms with Gasteiger partial charge in [-0.2, -0.15) is 0 Å². The predicted molar refractivity (Wildman–Crippen MR) is 66.7 cm³/mol. The first kappa shape index (κ1) is 12.7. The Morgan fingerprint density at radius 1 is 1.42 bits per heavy atom. The molecular formula is C13H20N2O4. The number of rotatable bonds is 2. The van der Waals surface area contributed by atoms with Crippen LogP contribution in [-0.2, 0) is 9.53 Å². The average Bonchev–Trinajstić information content (AvgIpc) is 3.05. The van der Waals surface area contributed by atoms with Crippen LogP contribution in [0.15, 0.2) is 0 Å². The SMILES string of the molecule is CC1(C(=O)O)COCC1NC(=O)N1CC2CCC1C2. The molecule has 2 heterocycles. The number of piperidine rings is 1. The molecule has 3 aliphatic rings. The number of likely N-dealkylation sites (tertiary alicyclic amines) is 1. The molecule has 0 radical (unpaired) electrons. The van der Waals surface area contributed by atoms with Gasteiger partial charge in [0.25, 0.3) is 0 Å². The van der Waals surface area contributed by atoms with Crippen molar-refractivity contribution in [1.82, 2.24) is 10.2 Å². The number of carbonyl (C=O) groups is 2. The number of ether oxygens (including phenoxy) is 1. The Kier molecular flexibility index (Phi) is 2.92. The Labute approximate surface area is 112 Å². The van der Waals surface area contributed by atoms with Crippen LogP contribution >= 0.6 is 0 Å². The van der Waals surface area contributed by atoms with Crippen molar-refractivity contribution in [3.63, 3.8) is 0 Å². The van der Waals surface area contributed by atoms with E-state index in [1.165, 1.54) is 6.42 Å². The first-order valence-electron chi connectivity index (χ1n) is 6.89. The zero-order valence-corrected chi connectivity index (χ0v) is 11.1. The number of aliphatic carboxylic acids is 1. The number of nitrogens with zero attached hydrogens (tertiary/aromatic N) is 1. The topological polar surface area (TPSA) is 78.9 Å². The van der Waals surface area contributed by atoms with Crippen molar-refractivity contribution in [2.24, 2.45) is 11.3 Å². The second kappa shape index (κ2) is 4.37. The van der Waals surface area contributed by atoms with Crippen LogP contribution in [0.5, 0.6) is 0 Å². The molecule has 0 aromatic heterocycles. The van der Waals surface area contributed by atoms with E-state index >= 15 is 0 Å². The van der Waals surface area contributed by atoms with Gasteiger partial charge in [-0.05, 0) is 32.1 Å². The predicted octanol–water partition coefficient (Wildman–Crippen LogP) is 0.670. The molecular weight excluding hydrogens is 248 g/mol. The van der Waals surface area contributed by atoms with E-state index in [4.69, 9.17) is 4.74 Å². The molecule has 2 amide bonds. The van der Waals surface area contributed by atoms with Crippen LogP contribution in [0.25, 0.3) is 0 Å². The Morgan fingerprint density at radius 3 is 2.79 bits per heavy atom. The fraction of sp³-hybridized carbons (Fsp3) is 0.846. The molecule has 0 spiro atoms. The summed E-state index contributed by atoms with van der Waals surface area (Å²) < 4.78 is 5.25. The lowest BCUT2D eigenvalue weighted by Gasteiger charge is -2.31. The minimum Gasteiger partial charge on any atom is -0.481 e. The van der Waals surface area contributed by atoms with Crippen molar-refractivity contribution in [3.8, 4) is 0 Å². The lowest BCUT2D eigenvalue weighted by Crippen LogP contribution is -2.54. The Hall–Kier alpha value is -1.30. The second-order valence-electron chi connectivity index (χ2n) is 6.23. The van der Waals surface area contributed by atoms with Gasteiger partial charge in [0.05, 0.1) is 19.3 Å². The molecule has 1 aliphatic carbocycles. The van der Waals surface area contributed by atoms with Gasteiger partial charge in [0.1, 0.15) is 5.41 Å². The first-order chi connectivity index (χ1) is 9.00. The van der Waals surface area contributed by atoms with E-state index in [2.05, 4.69) is 5.32 Å². The third-order valence-corrected chi connectivity index (χ3v) is 4.91. The average molecular weight is 268 g/mol. The molecule has 0 aromatic rings. The van der Waals surface area contributed by atoms with E-state index < -0.39 is 17.4 Å².